The predicted molar refractivity (Wildman–Crippen MR) is 91.8 cm³/mol. The molecular weight excluding hydrogens is 358 g/mol. The molecule has 120 valence electrons. The smallest absolute Gasteiger partial charge is 0.257 e. The number of hydrogen-bond donors (Lipinski definition) is 2. The Labute approximate surface area is 143 Å². The van der Waals surface area contributed by atoms with Gasteiger partial charge in [0, 0.05) is 23.3 Å². The van der Waals surface area contributed by atoms with Gasteiger partial charge in [0.25, 0.3) is 5.91 Å². The molecule has 23 heavy (non-hydrogen) atoms. The van der Waals surface area contributed by atoms with Gasteiger partial charge in [0.1, 0.15) is 11.3 Å². The second-order valence-corrected chi connectivity index (χ2v) is 6.34. The zero-order valence-corrected chi connectivity index (χ0v) is 14.2. The minimum atomic E-state index is -0.154. The monoisotopic (exact) mass is 375 g/mol. The number of carbonyl (C=O) groups excluding carboxylic acids is 1. The normalized spacial score (nSPS) is 17.5. The Morgan fingerprint density at radius 3 is 2.87 bits per heavy atom. The first kappa shape index (κ1) is 16.0. The molecule has 1 aromatic carbocycles. The Kier molecular flexibility index (Phi) is 5.25. The van der Waals surface area contributed by atoms with E-state index in [4.69, 9.17) is 4.74 Å². The van der Waals surface area contributed by atoms with Gasteiger partial charge in [-0.3, -0.25) is 4.79 Å². The van der Waals surface area contributed by atoms with Crippen LogP contribution in [0.1, 0.15) is 23.2 Å². The summed E-state index contributed by atoms with van der Waals surface area (Å²) in [4.78, 5) is 16.7. The Morgan fingerprint density at radius 2 is 2.13 bits per heavy atom. The summed E-state index contributed by atoms with van der Waals surface area (Å²) >= 11 is 3.38. The first-order valence-electron chi connectivity index (χ1n) is 7.62. The second-order valence-electron chi connectivity index (χ2n) is 5.43. The number of hydrogen-bond acceptors (Lipinski definition) is 4. The molecular formula is C17H18BrN3O2. The summed E-state index contributed by atoms with van der Waals surface area (Å²) in [6.45, 7) is 1.81. The maximum absolute atomic E-state index is 12.5. The fourth-order valence-electron chi connectivity index (χ4n) is 2.50. The molecule has 1 aromatic heterocycles. The van der Waals surface area contributed by atoms with Crippen LogP contribution in [0.2, 0.25) is 0 Å². The van der Waals surface area contributed by atoms with Crippen molar-refractivity contribution in [1.82, 2.24) is 15.6 Å². The maximum Gasteiger partial charge on any atom is 0.257 e. The highest BCUT2D eigenvalue weighted by atomic mass is 79.9. The first-order chi connectivity index (χ1) is 11.2. The van der Waals surface area contributed by atoms with Crippen LogP contribution >= 0.6 is 15.9 Å². The fourth-order valence-corrected chi connectivity index (χ4v) is 2.76. The van der Waals surface area contributed by atoms with Gasteiger partial charge in [-0.2, -0.15) is 0 Å². The van der Waals surface area contributed by atoms with E-state index in [9.17, 15) is 4.79 Å². The highest BCUT2D eigenvalue weighted by molar-refractivity contribution is 9.10. The van der Waals surface area contributed by atoms with Gasteiger partial charge in [0.05, 0.1) is 0 Å². The third-order valence-electron chi connectivity index (χ3n) is 3.68. The van der Waals surface area contributed by atoms with Crippen LogP contribution in [0.4, 0.5) is 0 Å². The molecule has 2 heterocycles. The van der Waals surface area contributed by atoms with Crippen molar-refractivity contribution in [1.29, 1.82) is 0 Å². The second kappa shape index (κ2) is 7.57. The third-order valence-corrected chi connectivity index (χ3v) is 4.20. The van der Waals surface area contributed by atoms with E-state index < -0.39 is 0 Å². The van der Waals surface area contributed by atoms with E-state index in [-0.39, 0.29) is 11.9 Å². The van der Waals surface area contributed by atoms with Gasteiger partial charge in [-0.1, -0.05) is 15.9 Å². The van der Waals surface area contributed by atoms with Crippen molar-refractivity contribution >= 4 is 21.8 Å². The van der Waals surface area contributed by atoms with Gasteiger partial charge in [-0.25, -0.2) is 4.98 Å². The van der Waals surface area contributed by atoms with Crippen LogP contribution in [0.15, 0.2) is 47.1 Å². The van der Waals surface area contributed by atoms with Crippen molar-refractivity contribution in [2.45, 2.75) is 18.9 Å². The van der Waals surface area contributed by atoms with Crippen LogP contribution in [0.3, 0.4) is 0 Å². The summed E-state index contributed by atoms with van der Waals surface area (Å²) in [7, 11) is 0. The average Bonchev–Trinajstić information content (AvgIpc) is 2.58. The number of piperidine rings is 1. The summed E-state index contributed by atoms with van der Waals surface area (Å²) in [5.41, 5.74) is 0.445. The van der Waals surface area contributed by atoms with E-state index in [1.54, 1.807) is 18.3 Å². The van der Waals surface area contributed by atoms with E-state index in [0.717, 1.165) is 30.4 Å². The molecule has 0 radical (unpaired) electrons. The Bertz CT molecular complexity index is 670. The minimum Gasteiger partial charge on any atom is -0.438 e. The molecule has 1 fully saturated rings. The van der Waals surface area contributed by atoms with Crippen LogP contribution in [-0.4, -0.2) is 30.0 Å². The lowest BCUT2D eigenvalue weighted by atomic mass is 10.1. The van der Waals surface area contributed by atoms with Gasteiger partial charge in [-0.05, 0) is 55.8 Å². The SMILES string of the molecule is O=C(N[C@H]1CCCNC1)c1cccnc1Oc1ccc(Br)cc1. The Morgan fingerprint density at radius 1 is 1.30 bits per heavy atom. The molecule has 0 aliphatic carbocycles. The molecule has 6 heteroatoms. The molecule has 1 atom stereocenters. The molecule has 0 bridgehead atoms. The lowest BCUT2D eigenvalue weighted by Crippen LogP contribution is -2.45. The number of nitrogens with zero attached hydrogens (tertiary/aromatic N) is 1. The van der Waals surface area contributed by atoms with Crippen LogP contribution in [-0.2, 0) is 0 Å². The van der Waals surface area contributed by atoms with E-state index in [0.29, 0.717) is 17.2 Å². The van der Waals surface area contributed by atoms with Crippen LogP contribution in [0.5, 0.6) is 11.6 Å². The number of rotatable bonds is 4. The van der Waals surface area contributed by atoms with Crippen LogP contribution in [0, 0.1) is 0 Å². The number of carbonyl (C=O) groups is 1. The number of halogens is 1. The maximum atomic E-state index is 12.5. The Balaban J connectivity index is 1.74. The number of aromatic nitrogens is 1. The van der Waals surface area contributed by atoms with Crippen LogP contribution < -0.4 is 15.4 Å². The third kappa shape index (κ3) is 4.30. The summed E-state index contributed by atoms with van der Waals surface area (Å²) in [5.74, 6) is 0.801. The van der Waals surface area contributed by atoms with Gasteiger partial charge >= 0.3 is 0 Å². The molecule has 1 aliphatic heterocycles. The van der Waals surface area contributed by atoms with E-state index in [2.05, 4.69) is 31.5 Å². The highest BCUT2D eigenvalue weighted by Crippen LogP contribution is 2.24. The number of pyridine rings is 1. The molecule has 1 amide bonds. The summed E-state index contributed by atoms with van der Waals surface area (Å²) in [6, 6.07) is 11.0. The van der Waals surface area contributed by atoms with Crippen molar-refractivity contribution in [3.8, 4) is 11.6 Å². The number of amides is 1. The van der Waals surface area contributed by atoms with Crippen molar-refractivity contribution in [2.75, 3.05) is 13.1 Å². The average molecular weight is 376 g/mol. The van der Waals surface area contributed by atoms with E-state index in [1.165, 1.54) is 0 Å². The van der Waals surface area contributed by atoms with E-state index >= 15 is 0 Å². The topological polar surface area (TPSA) is 63.2 Å². The quantitative estimate of drug-likeness (QED) is 0.861. The molecule has 5 nitrogen and oxygen atoms in total. The van der Waals surface area contributed by atoms with Crippen molar-refractivity contribution in [3.63, 3.8) is 0 Å². The van der Waals surface area contributed by atoms with Crippen molar-refractivity contribution in [3.05, 3.63) is 52.6 Å². The van der Waals surface area contributed by atoms with E-state index in [1.807, 2.05) is 24.3 Å². The molecule has 0 saturated carbocycles. The largest absolute Gasteiger partial charge is 0.438 e. The van der Waals surface area contributed by atoms with Crippen molar-refractivity contribution < 1.29 is 9.53 Å². The number of nitrogens with one attached hydrogen (secondary N) is 2. The van der Waals surface area contributed by atoms with Gasteiger partial charge in [0.15, 0.2) is 0 Å². The van der Waals surface area contributed by atoms with Crippen molar-refractivity contribution in [2.24, 2.45) is 0 Å². The predicted octanol–water partition coefficient (Wildman–Crippen LogP) is 3.12. The highest BCUT2D eigenvalue weighted by Gasteiger charge is 2.19. The van der Waals surface area contributed by atoms with Gasteiger partial charge < -0.3 is 15.4 Å². The van der Waals surface area contributed by atoms with Gasteiger partial charge in [-0.15, -0.1) is 0 Å². The molecule has 0 unspecified atom stereocenters. The number of ether oxygens (including phenoxy) is 1. The summed E-state index contributed by atoms with van der Waals surface area (Å²) in [5, 5.41) is 6.33. The molecule has 2 N–H and O–H groups in total. The molecule has 1 aliphatic rings. The first-order valence-corrected chi connectivity index (χ1v) is 8.42. The standard InChI is InChI=1S/C17H18BrN3O2/c18-12-5-7-14(8-6-12)23-17-15(4-2-10-20-17)16(22)21-13-3-1-9-19-11-13/h2,4-8,10,13,19H,1,3,9,11H2,(H,21,22)/t13-/m0/s1. The zero-order valence-electron chi connectivity index (χ0n) is 12.6. The number of benzene rings is 1. The Hall–Kier alpha value is -1.92. The summed E-state index contributed by atoms with van der Waals surface area (Å²) < 4.78 is 6.73. The summed E-state index contributed by atoms with van der Waals surface area (Å²) in [6.07, 6.45) is 3.68. The molecule has 1 saturated heterocycles. The fraction of sp³-hybridized carbons (Fsp3) is 0.294. The van der Waals surface area contributed by atoms with Gasteiger partial charge in [0.2, 0.25) is 5.88 Å². The lowest BCUT2D eigenvalue weighted by molar-refractivity contribution is 0.0927. The minimum absolute atomic E-state index is 0.150. The van der Waals surface area contributed by atoms with Crippen LogP contribution in [0.25, 0.3) is 0 Å². The lowest BCUT2D eigenvalue weighted by Gasteiger charge is -2.24. The molecule has 3 rings (SSSR count). The molecule has 0 spiro atoms. The molecule has 2 aromatic rings. The zero-order chi connectivity index (χ0) is 16.1.